The van der Waals surface area contributed by atoms with Gasteiger partial charge in [-0.1, -0.05) is 18.5 Å². The second-order valence-corrected chi connectivity index (χ2v) is 4.29. The van der Waals surface area contributed by atoms with Crippen LogP contribution in [-0.2, 0) is 4.74 Å². The Kier molecular flexibility index (Phi) is 4.42. The second kappa shape index (κ2) is 5.37. The maximum Gasteiger partial charge on any atom is 0.198 e. The summed E-state index contributed by atoms with van der Waals surface area (Å²) in [6.07, 6.45) is 0.929. The summed E-state index contributed by atoms with van der Waals surface area (Å²) >= 11 is 6.98. The van der Waals surface area contributed by atoms with Gasteiger partial charge in [-0.15, -0.1) is 11.3 Å². The molecule has 0 radical (unpaired) electrons. The molecule has 72 valence electrons. The molecule has 0 atom stereocenters. The fourth-order valence-electron chi connectivity index (χ4n) is 0.844. The van der Waals surface area contributed by atoms with Crippen molar-refractivity contribution in [3.05, 3.63) is 21.3 Å². The van der Waals surface area contributed by atoms with Crippen molar-refractivity contribution >= 4 is 28.7 Å². The molecule has 4 heteroatoms. The number of Topliss-reactive ketones (excluding diaryl/α,β-unsaturated/α-hetero) is 1. The smallest absolute Gasteiger partial charge is 0.198 e. The molecule has 0 saturated heterocycles. The first-order valence-electron chi connectivity index (χ1n) is 4.10. The van der Waals surface area contributed by atoms with Crippen molar-refractivity contribution in [2.24, 2.45) is 0 Å². The maximum atomic E-state index is 11.4. The molecule has 0 N–H and O–H groups in total. The van der Waals surface area contributed by atoms with E-state index in [0.717, 1.165) is 6.42 Å². The summed E-state index contributed by atoms with van der Waals surface area (Å²) in [7, 11) is 0. The summed E-state index contributed by atoms with van der Waals surface area (Å²) in [6, 6.07) is 3.45. The van der Waals surface area contributed by atoms with Crippen molar-refractivity contribution in [1.29, 1.82) is 0 Å². The highest BCUT2D eigenvalue weighted by Gasteiger charge is 2.07. The number of carbonyl (C=O) groups is 1. The zero-order valence-electron chi connectivity index (χ0n) is 7.38. The van der Waals surface area contributed by atoms with E-state index in [-0.39, 0.29) is 12.4 Å². The average Bonchev–Trinajstić information content (AvgIpc) is 2.52. The number of hydrogen-bond donors (Lipinski definition) is 0. The molecule has 1 aromatic rings. The molecule has 0 saturated carbocycles. The number of thiophene rings is 1. The normalized spacial score (nSPS) is 10.3. The zero-order valence-corrected chi connectivity index (χ0v) is 8.95. The van der Waals surface area contributed by atoms with Crippen LogP contribution in [0.25, 0.3) is 0 Å². The topological polar surface area (TPSA) is 26.3 Å². The molecule has 13 heavy (non-hydrogen) atoms. The lowest BCUT2D eigenvalue weighted by atomic mass is 10.3. The van der Waals surface area contributed by atoms with E-state index >= 15 is 0 Å². The molecular weight excluding hydrogens is 208 g/mol. The lowest BCUT2D eigenvalue weighted by molar-refractivity contribution is 0.0765. The molecule has 0 aliphatic rings. The number of hydrogen-bond acceptors (Lipinski definition) is 3. The molecule has 1 heterocycles. The molecule has 1 aromatic heterocycles. The number of ketones is 1. The SMILES string of the molecule is CCCOCC(=O)c1ccc(Cl)s1. The number of halogens is 1. The molecule has 0 aliphatic carbocycles. The van der Waals surface area contributed by atoms with E-state index in [0.29, 0.717) is 15.8 Å². The third kappa shape index (κ3) is 3.46. The summed E-state index contributed by atoms with van der Waals surface area (Å²) in [5, 5.41) is 0. The predicted octanol–water partition coefficient (Wildman–Crippen LogP) is 3.01. The molecule has 1 rings (SSSR count). The third-order valence-electron chi connectivity index (χ3n) is 1.43. The Morgan fingerprint density at radius 1 is 1.62 bits per heavy atom. The molecule has 0 spiro atoms. The first-order chi connectivity index (χ1) is 6.24. The van der Waals surface area contributed by atoms with Crippen LogP contribution in [0.2, 0.25) is 4.34 Å². The summed E-state index contributed by atoms with van der Waals surface area (Å²) < 4.78 is 5.76. The standard InChI is InChI=1S/C9H11ClO2S/c1-2-5-12-6-7(11)8-3-4-9(10)13-8/h3-4H,2,5-6H2,1H3. The fraction of sp³-hybridized carbons (Fsp3) is 0.444. The van der Waals surface area contributed by atoms with Crippen molar-refractivity contribution in [1.82, 2.24) is 0 Å². The van der Waals surface area contributed by atoms with Crippen LogP contribution in [-0.4, -0.2) is 19.0 Å². The van der Waals surface area contributed by atoms with Gasteiger partial charge in [0, 0.05) is 6.61 Å². The van der Waals surface area contributed by atoms with E-state index in [1.807, 2.05) is 6.92 Å². The van der Waals surface area contributed by atoms with Crippen LogP contribution in [0, 0.1) is 0 Å². The first kappa shape index (κ1) is 10.7. The van der Waals surface area contributed by atoms with E-state index in [1.165, 1.54) is 11.3 Å². The average molecular weight is 219 g/mol. The van der Waals surface area contributed by atoms with E-state index in [2.05, 4.69) is 0 Å². The summed E-state index contributed by atoms with van der Waals surface area (Å²) in [4.78, 5) is 12.0. The highest BCUT2D eigenvalue weighted by molar-refractivity contribution is 7.18. The Labute approximate surface area is 86.5 Å². The first-order valence-corrected chi connectivity index (χ1v) is 5.29. The molecule has 0 bridgehead atoms. The van der Waals surface area contributed by atoms with Crippen molar-refractivity contribution in [2.45, 2.75) is 13.3 Å². The molecular formula is C9H11ClO2S. The van der Waals surface area contributed by atoms with Gasteiger partial charge >= 0.3 is 0 Å². The third-order valence-corrected chi connectivity index (χ3v) is 2.70. The summed E-state index contributed by atoms with van der Waals surface area (Å²) in [6.45, 7) is 2.79. The van der Waals surface area contributed by atoms with Gasteiger partial charge in [-0.2, -0.15) is 0 Å². The summed E-state index contributed by atoms with van der Waals surface area (Å²) in [5.41, 5.74) is 0. The molecule has 0 aromatic carbocycles. The summed E-state index contributed by atoms with van der Waals surface area (Å²) in [5.74, 6) is 0.00495. The van der Waals surface area contributed by atoms with Crippen LogP contribution in [0.3, 0.4) is 0 Å². The number of rotatable bonds is 5. The van der Waals surface area contributed by atoms with Gasteiger partial charge in [-0.05, 0) is 18.6 Å². The van der Waals surface area contributed by atoms with Gasteiger partial charge in [-0.25, -0.2) is 0 Å². The van der Waals surface area contributed by atoms with Crippen LogP contribution in [0.4, 0.5) is 0 Å². The minimum atomic E-state index is 0.00495. The molecule has 0 unspecified atom stereocenters. The second-order valence-electron chi connectivity index (χ2n) is 2.58. The van der Waals surface area contributed by atoms with Crippen molar-refractivity contribution < 1.29 is 9.53 Å². The minimum absolute atomic E-state index is 0.00495. The van der Waals surface area contributed by atoms with E-state index in [9.17, 15) is 4.79 Å². The monoisotopic (exact) mass is 218 g/mol. The Bertz CT molecular complexity index is 283. The molecule has 0 amide bonds. The predicted molar refractivity (Wildman–Crippen MR) is 54.8 cm³/mol. The number of ether oxygens (including phenoxy) is 1. The Balaban J connectivity index is 2.40. The lowest BCUT2D eigenvalue weighted by Crippen LogP contribution is -2.07. The van der Waals surface area contributed by atoms with Crippen LogP contribution in [0.1, 0.15) is 23.0 Å². The minimum Gasteiger partial charge on any atom is -0.373 e. The van der Waals surface area contributed by atoms with Gasteiger partial charge in [0.05, 0.1) is 9.21 Å². The highest BCUT2D eigenvalue weighted by atomic mass is 35.5. The van der Waals surface area contributed by atoms with Gasteiger partial charge in [0.25, 0.3) is 0 Å². The Morgan fingerprint density at radius 3 is 2.92 bits per heavy atom. The van der Waals surface area contributed by atoms with Crippen molar-refractivity contribution in [2.75, 3.05) is 13.2 Å². The van der Waals surface area contributed by atoms with Crippen molar-refractivity contribution in [3.63, 3.8) is 0 Å². The molecule has 0 fully saturated rings. The Morgan fingerprint density at radius 2 is 2.38 bits per heavy atom. The highest BCUT2D eigenvalue weighted by Crippen LogP contribution is 2.21. The quantitative estimate of drug-likeness (QED) is 0.561. The van der Waals surface area contributed by atoms with Gasteiger partial charge in [-0.3, -0.25) is 4.79 Å². The Hall–Kier alpha value is -0.380. The van der Waals surface area contributed by atoms with Gasteiger partial charge in [0.2, 0.25) is 0 Å². The number of carbonyl (C=O) groups excluding carboxylic acids is 1. The largest absolute Gasteiger partial charge is 0.373 e. The van der Waals surface area contributed by atoms with Gasteiger partial charge in [0.15, 0.2) is 5.78 Å². The van der Waals surface area contributed by atoms with E-state index < -0.39 is 0 Å². The fourth-order valence-corrected chi connectivity index (χ4v) is 1.81. The van der Waals surface area contributed by atoms with E-state index in [4.69, 9.17) is 16.3 Å². The van der Waals surface area contributed by atoms with Gasteiger partial charge in [0.1, 0.15) is 6.61 Å². The molecule has 2 nitrogen and oxygen atoms in total. The zero-order chi connectivity index (χ0) is 9.68. The van der Waals surface area contributed by atoms with Gasteiger partial charge < -0.3 is 4.74 Å². The lowest BCUT2D eigenvalue weighted by Gasteiger charge is -1.98. The maximum absolute atomic E-state index is 11.4. The van der Waals surface area contributed by atoms with Crippen LogP contribution in [0.15, 0.2) is 12.1 Å². The van der Waals surface area contributed by atoms with Crippen molar-refractivity contribution in [3.8, 4) is 0 Å². The van der Waals surface area contributed by atoms with Crippen LogP contribution < -0.4 is 0 Å². The van der Waals surface area contributed by atoms with E-state index in [1.54, 1.807) is 12.1 Å². The van der Waals surface area contributed by atoms with Crippen LogP contribution >= 0.6 is 22.9 Å². The molecule has 0 aliphatic heterocycles. The van der Waals surface area contributed by atoms with Crippen LogP contribution in [0.5, 0.6) is 0 Å².